The lowest BCUT2D eigenvalue weighted by atomic mass is 10.0. The fraction of sp³-hybridized carbons (Fsp3) is 0.929. The van der Waals surface area contributed by atoms with Crippen molar-refractivity contribution in [3.63, 3.8) is 0 Å². The third-order valence-electron chi connectivity index (χ3n) is 4.16. The van der Waals surface area contributed by atoms with Gasteiger partial charge in [0.15, 0.2) is 0 Å². The number of ether oxygens (including phenoxy) is 1. The van der Waals surface area contributed by atoms with E-state index in [0.29, 0.717) is 13.0 Å². The summed E-state index contributed by atoms with van der Waals surface area (Å²) in [5.74, 6) is -0.0632. The fourth-order valence-electron chi connectivity index (χ4n) is 3.04. The smallest absolute Gasteiger partial charge is 0.307 e. The number of hydrogen-bond donors (Lipinski definition) is 1. The van der Waals surface area contributed by atoms with Crippen LogP contribution >= 0.6 is 0 Å². The topological polar surface area (TPSA) is 44.8 Å². The maximum Gasteiger partial charge on any atom is 0.307 e. The molecule has 1 N–H and O–H groups in total. The van der Waals surface area contributed by atoms with Gasteiger partial charge in [-0.15, -0.1) is 0 Å². The number of nitrogens with zero attached hydrogens (tertiary/aromatic N) is 2. The van der Waals surface area contributed by atoms with Gasteiger partial charge in [0.2, 0.25) is 0 Å². The van der Waals surface area contributed by atoms with Gasteiger partial charge in [-0.25, -0.2) is 0 Å². The summed E-state index contributed by atoms with van der Waals surface area (Å²) in [7, 11) is 0. The highest BCUT2D eigenvalue weighted by molar-refractivity contribution is 5.69. The van der Waals surface area contributed by atoms with Crippen LogP contribution in [-0.2, 0) is 9.53 Å². The lowest BCUT2D eigenvalue weighted by molar-refractivity contribution is -0.143. The van der Waals surface area contributed by atoms with Crippen molar-refractivity contribution in [1.82, 2.24) is 15.1 Å². The van der Waals surface area contributed by atoms with E-state index in [4.69, 9.17) is 4.74 Å². The molecule has 2 aliphatic rings. The molecule has 0 amide bonds. The van der Waals surface area contributed by atoms with Gasteiger partial charge in [-0.05, 0) is 32.9 Å². The van der Waals surface area contributed by atoms with Gasteiger partial charge >= 0.3 is 5.97 Å². The second-order valence-corrected chi connectivity index (χ2v) is 5.41. The molecule has 0 aromatic rings. The zero-order chi connectivity index (χ0) is 13.5. The first-order valence-electron chi connectivity index (χ1n) is 7.62. The second kappa shape index (κ2) is 7.82. The third-order valence-corrected chi connectivity index (χ3v) is 4.16. The second-order valence-electron chi connectivity index (χ2n) is 5.41. The minimum atomic E-state index is -0.0632. The van der Waals surface area contributed by atoms with Gasteiger partial charge in [-0.2, -0.15) is 0 Å². The van der Waals surface area contributed by atoms with Crippen LogP contribution in [0.1, 0.15) is 26.2 Å². The zero-order valence-corrected chi connectivity index (χ0v) is 12.1. The quantitative estimate of drug-likeness (QED) is 0.728. The van der Waals surface area contributed by atoms with E-state index in [1.54, 1.807) is 0 Å². The molecule has 0 saturated carbocycles. The Morgan fingerprint density at radius 2 is 1.89 bits per heavy atom. The van der Waals surface area contributed by atoms with E-state index in [0.717, 1.165) is 38.8 Å². The molecule has 0 aromatic carbocycles. The normalized spacial score (nSPS) is 23.4. The molecule has 2 heterocycles. The summed E-state index contributed by atoms with van der Waals surface area (Å²) in [5.41, 5.74) is 0. The molecule has 2 fully saturated rings. The Hall–Kier alpha value is -0.650. The molecule has 2 saturated heterocycles. The van der Waals surface area contributed by atoms with Crippen LogP contribution in [0.3, 0.4) is 0 Å². The highest BCUT2D eigenvalue weighted by atomic mass is 16.5. The van der Waals surface area contributed by atoms with Gasteiger partial charge in [0.25, 0.3) is 0 Å². The summed E-state index contributed by atoms with van der Waals surface area (Å²) >= 11 is 0. The van der Waals surface area contributed by atoms with Crippen LogP contribution in [0.4, 0.5) is 0 Å². The molecule has 5 heteroatoms. The van der Waals surface area contributed by atoms with E-state index >= 15 is 0 Å². The van der Waals surface area contributed by atoms with E-state index in [2.05, 4.69) is 15.1 Å². The van der Waals surface area contributed by atoms with Crippen LogP contribution in [0.5, 0.6) is 0 Å². The number of carbonyl (C=O) groups is 1. The van der Waals surface area contributed by atoms with E-state index < -0.39 is 0 Å². The van der Waals surface area contributed by atoms with E-state index in [1.807, 2.05) is 6.92 Å². The van der Waals surface area contributed by atoms with Crippen LogP contribution in [0.15, 0.2) is 0 Å². The standard InChI is InChI=1S/C14H27N3O2/c1-2-19-14(18)5-10-16-8-3-13(4-9-16)17-11-6-15-7-12-17/h13,15H,2-12H2,1H3. The van der Waals surface area contributed by atoms with Crippen molar-refractivity contribution in [2.45, 2.75) is 32.2 Å². The summed E-state index contributed by atoms with van der Waals surface area (Å²) in [6.07, 6.45) is 3.01. The van der Waals surface area contributed by atoms with Crippen LogP contribution in [0.25, 0.3) is 0 Å². The van der Waals surface area contributed by atoms with Crippen LogP contribution < -0.4 is 5.32 Å². The Labute approximate surface area is 116 Å². The third kappa shape index (κ3) is 4.75. The number of piperidine rings is 1. The minimum absolute atomic E-state index is 0.0632. The predicted octanol–water partition coefficient (Wildman–Crippen LogP) is 0.309. The molecular formula is C14H27N3O2. The van der Waals surface area contributed by atoms with Crippen molar-refractivity contribution < 1.29 is 9.53 Å². The van der Waals surface area contributed by atoms with Gasteiger partial charge in [0.05, 0.1) is 13.0 Å². The van der Waals surface area contributed by atoms with E-state index in [-0.39, 0.29) is 5.97 Å². The lowest BCUT2D eigenvalue weighted by Gasteiger charge is -2.40. The summed E-state index contributed by atoms with van der Waals surface area (Å²) in [5, 5.41) is 3.40. The molecule has 0 aliphatic carbocycles. The first kappa shape index (κ1) is 14.8. The largest absolute Gasteiger partial charge is 0.466 e. The number of likely N-dealkylation sites (tertiary alicyclic amines) is 1. The summed E-state index contributed by atoms with van der Waals surface area (Å²) in [6, 6.07) is 0.751. The summed E-state index contributed by atoms with van der Waals surface area (Å²) in [4.78, 5) is 16.4. The van der Waals surface area contributed by atoms with Crippen molar-refractivity contribution in [3.05, 3.63) is 0 Å². The van der Waals surface area contributed by atoms with Crippen molar-refractivity contribution in [3.8, 4) is 0 Å². The number of carbonyl (C=O) groups excluding carboxylic acids is 1. The minimum Gasteiger partial charge on any atom is -0.466 e. The van der Waals surface area contributed by atoms with Gasteiger partial charge in [0.1, 0.15) is 0 Å². The molecule has 2 rings (SSSR count). The number of esters is 1. The Morgan fingerprint density at radius 3 is 2.53 bits per heavy atom. The molecule has 5 nitrogen and oxygen atoms in total. The van der Waals surface area contributed by atoms with Gasteiger partial charge in [0, 0.05) is 38.8 Å². The first-order valence-corrected chi connectivity index (χ1v) is 7.62. The Kier molecular flexibility index (Phi) is 6.07. The fourth-order valence-corrected chi connectivity index (χ4v) is 3.04. The molecule has 0 bridgehead atoms. The van der Waals surface area contributed by atoms with Crippen molar-refractivity contribution in [2.24, 2.45) is 0 Å². The highest BCUT2D eigenvalue weighted by Crippen LogP contribution is 2.17. The van der Waals surface area contributed by atoms with E-state index in [1.165, 1.54) is 25.9 Å². The highest BCUT2D eigenvalue weighted by Gasteiger charge is 2.25. The average molecular weight is 269 g/mol. The molecule has 2 aliphatic heterocycles. The van der Waals surface area contributed by atoms with Crippen LogP contribution in [-0.4, -0.2) is 74.2 Å². The number of piperazine rings is 1. The predicted molar refractivity (Wildman–Crippen MR) is 75.2 cm³/mol. The van der Waals surface area contributed by atoms with Crippen molar-refractivity contribution in [2.75, 3.05) is 52.4 Å². The van der Waals surface area contributed by atoms with Gasteiger partial charge in [-0.1, -0.05) is 0 Å². The molecule has 19 heavy (non-hydrogen) atoms. The Morgan fingerprint density at radius 1 is 1.21 bits per heavy atom. The lowest BCUT2D eigenvalue weighted by Crippen LogP contribution is -2.52. The summed E-state index contributed by atoms with van der Waals surface area (Å²) in [6.45, 7) is 10.1. The maximum atomic E-state index is 11.3. The van der Waals surface area contributed by atoms with Gasteiger partial charge < -0.3 is 15.0 Å². The molecule has 0 spiro atoms. The Bertz CT molecular complexity index is 272. The number of rotatable bonds is 5. The Balaban J connectivity index is 1.63. The first-order chi connectivity index (χ1) is 9.29. The monoisotopic (exact) mass is 269 g/mol. The average Bonchev–Trinajstić information content (AvgIpc) is 2.47. The molecular weight excluding hydrogens is 242 g/mol. The number of hydrogen-bond acceptors (Lipinski definition) is 5. The molecule has 0 unspecified atom stereocenters. The van der Waals surface area contributed by atoms with Crippen LogP contribution in [0, 0.1) is 0 Å². The maximum absolute atomic E-state index is 11.3. The molecule has 110 valence electrons. The summed E-state index contributed by atoms with van der Waals surface area (Å²) < 4.78 is 4.97. The van der Waals surface area contributed by atoms with Gasteiger partial charge in [-0.3, -0.25) is 9.69 Å². The zero-order valence-electron chi connectivity index (χ0n) is 12.1. The van der Waals surface area contributed by atoms with Crippen molar-refractivity contribution >= 4 is 5.97 Å². The molecule has 0 atom stereocenters. The van der Waals surface area contributed by atoms with Crippen molar-refractivity contribution in [1.29, 1.82) is 0 Å². The van der Waals surface area contributed by atoms with E-state index in [9.17, 15) is 4.79 Å². The van der Waals surface area contributed by atoms with Crippen LogP contribution in [0.2, 0.25) is 0 Å². The SMILES string of the molecule is CCOC(=O)CCN1CCC(N2CCNCC2)CC1. The molecule has 0 radical (unpaired) electrons. The number of nitrogens with one attached hydrogen (secondary N) is 1. The molecule has 0 aromatic heterocycles.